The minimum Gasteiger partial charge on any atom is -0.462 e. The van der Waals surface area contributed by atoms with Crippen LogP contribution in [-0.4, -0.2) is 55.2 Å². The number of carbonyl (C=O) groups is 1. The average molecular weight is 291 g/mol. The Kier molecular flexibility index (Phi) is 5.56. The van der Waals surface area contributed by atoms with E-state index in [0.717, 1.165) is 38.3 Å². The maximum Gasteiger partial charge on any atom is 0.339 e. The first-order chi connectivity index (χ1) is 10.2. The van der Waals surface area contributed by atoms with E-state index in [1.165, 1.54) is 0 Å². The van der Waals surface area contributed by atoms with Crippen LogP contribution in [0.4, 0.5) is 5.82 Å². The van der Waals surface area contributed by atoms with Crippen molar-refractivity contribution in [2.75, 3.05) is 38.2 Å². The fourth-order valence-corrected chi connectivity index (χ4v) is 2.79. The summed E-state index contributed by atoms with van der Waals surface area (Å²) in [4.78, 5) is 20.9. The Bertz CT molecular complexity index is 461. The van der Waals surface area contributed by atoms with Crippen molar-refractivity contribution in [1.82, 2.24) is 9.88 Å². The number of rotatable bonds is 4. The molecule has 21 heavy (non-hydrogen) atoms. The lowest BCUT2D eigenvalue weighted by Gasteiger charge is -2.31. The highest BCUT2D eigenvalue weighted by atomic mass is 16.5. The third kappa shape index (κ3) is 3.94. The van der Waals surface area contributed by atoms with Gasteiger partial charge in [0, 0.05) is 25.3 Å². The molecule has 1 fully saturated rings. The number of pyridine rings is 1. The van der Waals surface area contributed by atoms with Crippen LogP contribution in [0.1, 0.15) is 37.0 Å². The topological polar surface area (TPSA) is 45.7 Å². The number of hydrogen-bond acceptors (Lipinski definition) is 5. The van der Waals surface area contributed by atoms with Crippen LogP contribution in [0.3, 0.4) is 0 Å². The number of aromatic nitrogens is 1. The van der Waals surface area contributed by atoms with Crippen LogP contribution in [0, 0.1) is 0 Å². The SMILES string of the molecule is CCOC(=O)c1ccc(N2CCCN(C)CC2CC)nc1. The number of likely N-dealkylation sites (N-methyl/N-ethyl adjacent to an activating group) is 1. The second-order valence-corrected chi connectivity index (χ2v) is 5.50. The first kappa shape index (κ1) is 15.8. The van der Waals surface area contributed by atoms with Crippen molar-refractivity contribution < 1.29 is 9.53 Å². The van der Waals surface area contributed by atoms with E-state index in [2.05, 4.69) is 28.8 Å². The molecule has 5 nitrogen and oxygen atoms in total. The van der Waals surface area contributed by atoms with Crippen LogP contribution in [0.15, 0.2) is 18.3 Å². The van der Waals surface area contributed by atoms with Crippen LogP contribution >= 0.6 is 0 Å². The summed E-state index contributed by atoms with van der Waals surface area (Å²) in [5, 5.41) is 0. The van der Waals surface area contributed by atoms with Crippen LogP contribution < -0.4 is 4.90 Å². The molecule has 0 saturated carbocycles. The molecule has 1 aliphatic rings. The summed E-state index contributed by atoms with van der Waals surface area (Å²) in [6.07, 6.45) is 3.84. The Hall–Kier alpha value is -1.62. The standard InChI is InChI=1S/C16H25N3O2/c1-4-14-12-18(3)9-6-10-19(14)15-8-7-13(11-17-15)16(20)21-5-2/h7-8,11,14H,4-6,9-10,12H2,1-3H3. The van der Waals surface area contributed by atoms with Crippen LogP contribution in [0.5, 0.6) is 0 Å². The lowest BCUT2D eigenvalue weighted by Crippen LogP contribution is -2.40. The molecule has 116 valence electrons. The predicted octanol–water partition coefficient (Wildman–Crippen LogP) is 2.18. The van der Waals surface area contributed by atoms with E-state index in [0.29, 0.717) is 18.2 Å². The van der Waals surface area contributed by atoms with Gasteiger partial charge in [0.1, 0.15) is 5.82 Å². The molecule has 1 aromatic rings. The van der Waals surface area contributed by atoms with Crippen molar-refractivity contribution in [3.8, 4) is 0 Å². The van der Waals surface area contributed by atoms with Gasteiger partial charge in [-0.25, -0.2) is 9.78 Å². The molecule has 0 aliphatic carbocycles. The molecule has 1 aromatic heterocycles. The van der Waals surface area contributed by atoms with Crippen molar-refractivity contribution >= 4 is 11.8 Å². The summed E-state index contributed by atoms with van der Waals surface area (Å²) in [7, 11) is 2.17. The predicted molar refractivity (Wildman–Crippen MR) is 83.7 cm³/mol. The van der Waals surface area contributed by atoms with Crippen LogP contribution in [0.25, 0.3) is 0 Å². The first-order valence-electron chi connectivity index (χ1n) is 7.74. The minimum atomic E-state index is -0.306. The second-order valence-electron chi connectivity index (χ2n) is 5.50. The first-order valence-corrected chi connectivity index (χ1v) is 7.74. The molecule has 2 heterocycles. The smallest absolute Gasteiger partial charge is 0.339 e. The van der Waals surface area contributed by atoms with Gasteiger partial charge >= 0.3 is 5.97 Å². The van der Waals surface area contributed by atoms with E-state index >= 15 is 0 Å². The molecule has 0 radical (unpaired) electrons. The van der Waals surface area contributed by atoms with Crippen molar-refractivity contribution in [2.45, 2.75) is 32.7 Å². The van der Waals surface area contributed by atoms with Gasteiger partial charge < -0.3 is 14.5 Å². The van der Waals surface area contributed by atoms with Gasteiger partial charge in [-0.1, -0.05) is 6.92 Å². The highest BCUT2D eigenvalue weighted by Gasteiger charge is 2.23. The number of nitrogens with zero attached hydrogens (tertiary/aromatic N) is 3. The summed E-state index contributed by atoms with van der Waals surface area (Å²) < 4.78 is 4.99. The average Bonchev–Trinajstić information content (AvgIpc) is 2.69. The van der Waals surface area contributed by atoms with Crippen LogP contribution in [0.2, 0.25) is 0 Å². The molecule has 0 bridgehead atoms. The molecule has 0 amide bonds. The molecule has 1 atom stereocenters. The number of carbonyl (C=O) groups excluding carboxylic acids is 1. The largest absolute Gasteiger partial charge is 0.462 e. The Balaban J connectivity index is 2.14. The molecule has 1 unspecified atom stereocenters. The Morgan fingerprint density at radius 3 is 2.81 bits per heavy atom. The number of anilines is 1. The van der Waals surface area contributed by atoms with Gasteiger partial charge in [0.05, 0.1) is 12.2 Å². The van der Waals surface area contributed by atoms with Crippen molar-refractivity contribution in [3.05, 3.63) is 23.9 Å². The Labute approximate surface area is 126 Å². The maximum atomic E-state index is 11.7. The van der Waals surface area contributed by atoms with Crippen LogP contribution in [-0.2, 0) is 4.74 Å². The molecule has 1 saturated heterocycles. The quantitative estimate of drug-likeness (QED) is 0.796. The molecular weight excluding hydrogens is 266 g/mol. The monoisotopic (exact) mass is 291 g/mol. The van der Waals surface area contributed by atoms with E-state index in [1.807, 2.05) is 12.1 Å². The number of ether oxygens (including phenoxy) is 1. The van der Waals surface area contributed by atoms with E-state index in [9.17, 15) is 4.79 Å². The van der Waals surface area contributed by atoms with Crippen molar-refractivity contribution in [3.63, 3.8) is 0 Å². The highest BCUT2D eigenvalue weighted by molar-refractivity contribution is 5.89. The highest BCUT2D eigenvalue weighted by Crippen LogP contribution is 2.20. The zero-order chi connectivity index (χ0) is 15.2. The maximum absolute atomic E-state index is 11.7. The molecule has 1 aliphatic heterocycles. The van der Waals surface area contributed by atoms with Gasteiger partial charge in [-0.3, -0.25) is 0 Å². The van der Waals surface area contributed by atoms with Gasteiger partial charge in [0.2, 0.25) is 0 Å². The van der Waals surface area contributed by atoms with E-state index < -0.39 is 0 Å². The second kappa shape index (κ2) is 7.41. The fraction of sp³-hybridized carbons (Fsp3) is 0.625. The van der Waals surface area contributed by atoms with Gasteiger partial charge in [0.25, 0.3) is 0 Å². The molecule has 0 spiro atoms. The summed E-state index contributed by atoms with van der Waals surface area (Å²) >= 11 is 0. The van der Waals surface area contributed by atoms with Gasteiger partial charge in [-0.05, 0) is 45.5 Å². The fourth-order valence-electron chi connectivity index (χ4n) is 2.79. The summed E-state index contributed by atoms with van der Waals surface area (Å²) in [6, 6.07) is 4.21. The summed E-state index contributed by atoms with van der Waals surface area (Å²) in [5.41, 5.74) is 0.514. The normalized spacial score (nSPS) is 20.1. The van der Waals surface area contributed by atoms with Crippen molar-refractivity contribution in [2.24, 2.45) is 0 Å². The lowest BCUT2D eigenvalue weighted by atomic mass is 10.1. The zero-order valence-corrected chi connectivity index (χ0v) is 13.2. The van der Waals surface area contributed by atoms with Crippen molar-refractivity contribution in [1.29, 1.82) is 0 Å². The zero-order valence-electron chi connectivity index (χ0n) is 13.2. The number of esters is 1. The molecule has 0 aromatic carbocycles. The molecule has 2 rings (SSSR count). The Morgan fingerprint density at radius 2 is 2.19 bits per heavy atom. The lowest BCUT2D eigenvalue weighted by molar-refractivity contribution is 0.0526. The molecule has 5 heteroatoms. The number of hydrogen-bond donors (Lipinski definition) is 0. The third-order valence-electron chi connectivity index (χ3n) is 3.93. The molecular formula is C16H25N3O2. The van der Waals surface area contributed by atoms with Gasteiger partial charge in [-0.15, -0.1) is 0 Å². The third-order valence-corrected chi connectivity index (χ3v) is 3.93. The van der Waals surface area contributed by atoms with Gasteiger partial charge in [0.15, 0.2) is 0 Å². The van der Waals surface area contributed by atoms with E-state index in [-0.39, 0.29) is 5.97 Å². The molecule has 0 N–H and O–H groups in total. The Morgan fingerprint density at radius 1 is 1.38 bits per heavy atom. The minimum absolute atomic E-state index is 0.306. The summed E-state index contributed by atoms with van der Waals surface area (Å²) in [6.45, 7) is 7.58. The summed E-state index contributed by atoms with van der Waals surface area (Å²) in [5.74, 6) is 0.643. The van der Waals surface area contributed by atoms with E-state index in [4.69, 9.17) is 4.74 Å². The van der Waals surface area contributed by atoms with Gasteiger partial charge in [-0.2, -0.15) is 0 Å². The van der Waals surface area contributed by atoms with E-state index in [1.54, 1.807) is 13.1 Å².